The highest BCUT2D eigenvalue weighted by atomic mass is 16.1. The fraction of sp³-hybridized carbons (Fsp3) is 0.600. The third-order valence-electron chi connectivity index (χ3n) is 2.27. The lowest BCUT2D eigenvalue weighted by Crippen LogP contribution is -2.07. The van der Waals surface area contributed by atoms with Gasteiger partial charge in [-0.05, 0) is 19.3 Å². The number of hydrogen-bond acceptors (Lipinski definition) is 2. The van der Waals surface area contributed by atoms with Crippen molar-refractivity contribution in [3.8, 4) is 0 Å². The largest absolute Gasteiger partial charge is 0.294 e. The van der Waals surface area contributed by atoms with Gasteiger partial charge in [-0.2, -0.15) is 0 Å². The van der Waals surface area contributed by atoms with E-state index in [-0.39, 0.29) is 11.6 Å². The molecule has 0 bridgehead atoms. The molecule has 0 saturated heterocycles. The lowest BCUT2D eigenvalue weighted by molar-refractivity contribution is -0.119. The van der Waals surface area contributed by atoms with E-state index in [0.29, 0.717) is 17.9 Å². The molecular formula is C10H14O2. The maximum absolute atomic E-state index is 11.3. The van der Waals surface area contributed by atoms with Gasteiger partial charge >= 0.3 is 0 Å². The molecule has 1 aliphatic carbocycles. The molecule has 0 fully saturated rings. The molecule has 2 heteroatoms. The minimum Gasteiger partial charge on any atom is -0.294 e. The van der Waals surface area contributed by atoms with Crippen LogP contribution in [0.4, 0.5) is 0 Å². The first-order valence-electron chi connectivity index (χ1n) is 4.31. The van der Waals surface area contributed by atoms with E-state index in [1.807, 2.05) is 13.8 Å². The second-order valence-electron chi connectivity index (χ2n) is 3.53. The Hall–Kier alpha value is -0.920. The van der Waals surface area contributed by atoms with Crippen molar-refractivity contribution in [1.29, 1.82) is 0 Å². The van der Waals surface area contributed by atoms with Crippen LogP contribution in [0.25, 0.3) is 0 Å². The summed E-state index contributed by atoms with van der Waals surface area (Å²) in [5, 5.41) is 0. The van der Waals surface area contributed by atoms with E-state index in [9.17, 15) is 9.59 Å². The van der Waals surface area contributed by atoms with Crippen LogP contribution in [-0.4, -0.2) is 11.6 Å². The Morgan fingerprint density at radius 1 is 1.33 bits per heavy atom. The number of allylic oxidation sites excluding steroid dienone is 2. The third kappa shape index (κ3) is 1.47. The zero-order valence-corrected chi connectivity index (χ0v) is 7.81. The first kappa shape index (κ1) is 9.17. The fourth-order valence-electron chi connectivity index (χ4n) is 1.68. The summed E-state index contributed by atoms with van der Waals surface area (Å²) >= 11 is 0. The molecule has 0 atom stereocenters. The van der Waals surface area contributed by atoms with Crippen molar-refractivity contribution >= 4 is 11.6 Å². The molecule has 0 N–H and O–H groups in total. The van der Waals surface area contributed by atoms with Gasteiger partial charge in [0.2, 0.25) is 0 Å². The van der Waals surface area contributed by atoms with Gasteiger partial charge in [-0.15, -0.1) is 0 Å². The van der Waals surface area contributed by atoms with Crippen LogP contribution in [0.2, 0.25) is 0 Å². The average Bonchev–Trinajstić information content (AvgIpc) is 2.30. The van der Waals surface area contributed by atoms with Crippen molar-refractivity contribution in [3.05, 3.63) is 11.1 Å². The van der Waals surface area contributed by atoms with E-state index < -0.39 is 0 Å². The number of carbonyl (C=O) groups is 2. The van der Waals surface area contributed by atoms with E-state index in [2.05, 4.69) is 0 Å². The topological polar surface area (TPSA) is 34.1 Å². The molecule has 2 nitrogen and oxygen atoms in total. The summed E-state index contributed by atoms with van der Waals surface area (Å²) in [7, 11) is 0. The lowest BCUT2D eigenvalue weighted by Gasteiger charge is -2.06. The normalized spacial score (nSPS) is 17.8. The van der Waals surface area contributed by atoms with Gasteiger partial charge in [0.1, 0.15) is 0 Å². The smallest absolute Gasteiger partial charge is 0.166 e. The van der Waals surface area contributed by atoms with Crippen LogP contribution >= 0.6 is 0 Å². The second-order valence-corrected chi connectivity index (χ2v) is 3.53. The standard InChI is InChI=1S/C10H14O2/c1-6(2)8-4-5-9(12)10(8)7(3)11/h6H,4-5H2,1-3H3. The molecule has 0 heterocycles. The van der Waals surface area contributed by atoms with Crippen molar-refractivity contribution in [2.45, 2.75) is 33.6 Å². The van der Waals surface area contributed by atoms with Gasteiger partial charge in [-0.1, -0.05) is 19.4 Å². The molecule has 0 aliphatic heterocycles. The van der Waals surface area contributed by atoms with E-state index in [1.54, 1.807) is 0 Å². The predicted molar refractivity (Wildman–Crippen MR) is 46.8 cm³/mol. The lowest BCUT2D eigenvalue weighted by atomic mass is 9.97. The number of carbonyl (C=O) groups excluding carboxylic acids is 2. The summed E-state index contributed by atoms with van der Waals surface area (Å²) in [6.45, 7) is 5.52. The van der Waals surface area contributed by atoms with Crippen LogP contribution in [-0.2, 0) is 9.59 Å². The Morgan fingerprint density at radius 3 is 2.25 bits per heavy atom. The predicted octanol–water partition coefficient (Wildman–Crippen LogP) is 1.89. The van der Waals surface area contributed by atoms with E-state index in [4.69, 9.17) is 0 Å². The number of ketones is 2. The van der Waals surface area contributed by atoms with Gasteiger partial charge in [0.05, 0.1) is 5.57 Å². The summed E-state index contributed by atoms with van der Waals surface area (Å²) in [6, 6.07) is 0. The van der Waals surface area contributed by atoms with Crippen LogP contribution in [0.3, 0.4) is 0 Å². The quantitative estimate of drug-likeness (QED) is 0.587. The van der Waals surface area contributed by atoms with Crippen molar-refractivity contribution in [2.24, 2.45) is 5.92 Å². The summed E-state index contributed by atoms with van der Waals surface area (Å²) in [5.74, 6) is 0.294. The Labute approximate surface area is 72.7 Å². The second kappa shape index (κ2) is 3.21. The molecule has 0 aromatic rings. The minimum absolute atomic E-state index is 0.0335. The molecule has 0 radical (unpaired) electrons. The molecule has 0 unspecified atom stereocenters. The zero-order chi connectivity index (χ0) is 9.30. The van der Waals surface area contributed by atoms with Gasteiger partial charge in [-0.3, -0.25) is 9.59 Å². The Balaban J connectivity index is 3.06. The Morgan fingerprint density at radius 2 is 1.92 bits per heavy atom. The molecule has 1 rings (SSSR count). The van der Waals surface area contributed by atoms with E-state index in [1.165, 1.54) is 6.92 Å². The third-order valence-corrected chi connectivity index (χ3v) is 2.27. The highest BCUT2D eigenvalue weighted by Crippen LogP contribution is 2.29. The average molecular weight is 166 g/mol. The van der Waals surface area contributed by atoms with Crippen molar-refractivity contribution < 1.29 is 9.59 Å². The van der Waals surface area contributed by atoms with Crippen LogP contribution < -0.4 is 0 Å². The summed E-state index contributed by atoms with van der Waals surface area (Å²) < 4.78 is 0. The number of rotatable bonds is 2. The first-order valence-corrected chi connectivity index (χ1v) is 4.31. The van der Waals surface area contributed by atoms with Crippen LogP contribution in [0.5, 0.6) is 0 Å². The van der Waals surface area contributed by atoms with Crippen molar-refractivity contribution in [3.63, 3.8) is 0 Å². The summed E-state index contributed by atoms with van der Waals surface area (Å²) in [6.07, 6.45) is 1.31. The van der Waals surface area contributed by atoms with E-state index >= 15 is 0 Å². The highest BCUT2D eigenvalue weighted by molar-refractivity contribution is 6.21. The first-order chi connectivity index (χ1) is 5.54. The van der Waals surface area contributed by atoms with Crippen molar-refractivity contribution in [1.82, 2.24) is 0 Å². The molecule has 0 aromatic carbocycles. The van der Waals surface area contributed by atoms with Gasteiger partial charge in [0, 0.05) is 6.42 Å². The number of hydrogen-bond donors (Lipinski definition) is 0. The number of Topliss-reactive ketones (excluding diaryl/α,β-unsaturated/α-hetero) is 2. The van der Waals surface area contributed by atoms with Gasteiger partial charge < -0.3 is 0 Å². The van der Waals surface area contributed by atoms with Crippen LogP contribution in [0.15, 0.2) is 11.1 Å². The Kier molecular flexibility index (Phi) is 2.46. The molecule has 66 valence electrons. The highest BCUT2D eigenvalue weighted by Gasteiger charge is 2.27. The molecule has 0 amide bonds. The van der Waals surface area contributed by atoms with Crippen LogP contribution in [0.1, 0.15) is 33.6 Å². The van der Waals surface area contributed by atoms with Crippen molar-refractivity contribution in [2.75, 3.05) is 0 Å². The monoisotopic (exact) mass is 166 g/mol. The van der Waals surface area contributed by atoms with Gasteiger partial charge in [0.25, 0.3) is 0 Å². The molecule has 12 heavy (non-hydrogen) atoms. The maximum atomic E-state index is 11.3. The zero-order valence-electron chi connectivity index (χ0n) is 7.81. The molecule has 0 aromatic heterocycles. The summed E-state index contributed by atoms with van der Waals surface area (Å²) in [5.41, 5.74) is 1.53. The molecule has 0 saturated carbocycles. The van der Waals surface area contributed by atoms with Gasteiger partial charge in [-0.25, -0.2) is 0 Å². The van der Waals surface area contributed by atoms with Crippen LogP contribution in [0, 0.1) is 5.92 Å². The fourth-order valence-corrected chi connectivity index (χ4v) is 1.68. The minimum atomic E-state index is -0.0683. The summed E-state index contributed by atoms with van der Waals surface area (Å²) in [4.78, 5) is 22.3. The maximum Gasteiger partial charge on any atom is 0.166 e. The van der Waals surface area contributed by atoms with Gasteiger partial charge in [0.15, 0.2) is 11.6 Å². The molecule has 0 spiro atoms. The van der Waals surface area contributed by atoms with E-state index in [0.717, 1.165) is 12.0 Å². The SMILES string of the molecule is CC(=O)C1=C(C(C)C)CCC1=O. The molecule has 1 aliphatic rings. The molecular weight excluding hydrogens is 152 g/mol. The Bertz CT molecular complexity index is 259.